The lowest BCUT2D eigenvalue weighted by atomic mass is 10.1. The maximum Gasteiger partial charge on any atom is 0.274 e. The molecule has 1 aromatic heterocycles. The minimum Gasteiger partial charge on any atom is -0.321 e. The summed E-state index contributed by atoms with van der Waals surface area (Å²) in [6, 6.07) is 11.0. The molecule has 0 saturated heterocycles. The van der Waals surface area contributed by atoms with Gasteiger partial charge in [0.2, 0.25) is 15.9 Å². The number of aryl methyl sites for hydroxylation is 1. The van der Waals surface area contributed by atoms with Crippen LogP contribution in [0.25, 0.3) is 10.9 Å². The molecule has 3 N–H and O–H groups in total. The van der Waals surface area contributed by atoms with Crippen LogP contribution in [0.3, 0.4) is 0 Å². The molecule has 10 heteroatoms. The quantitative estimate of drug-likeness (QED) is 0.621. The Kier molecular flexibility index (Phi) is 5.30. The summed E-state index contributed by atoms with van der Waals surface area (Å²) < 4.78 is 52.1. The number of amides is 1. The second-order valence-corrected chi connectivity index (χ2v) is 9.55. The first-order chi connectivity index (χ1) is 14.5. The van der Waals surface area contributed by atoms with Crippen molar-refractivity contribution in [2.45, 2.75) is 43.5 Å². The summed E-state index contributed by atoms with van der Waals surface area (Å²) in [7, 11) is -3.93. The van der Waals surface area contributed by atoms with E-state index < -0.39 is 21.9 Å². The van der Waals surface area contributed by atoms with Crippen LogP contribution in [0, 0.1) is 12.8 Å². The summed E-state index contributed by atoms with van der Waals surface area (Å²) >= 11 is 0. The number of sulfonamides is 1. The van der Waals surface area contributed by atoms with Crippen molar-refractivity contribution in [1.82, 2.24) is 9.78 Å². The molecule has 1 aliphatic carbocycles. The second kappa shape index (κ2) is 7.69. The number of nitrogens with one attached hydrogen (secondary N) is 1. The van der Waals surface area contributed by atoms with Crippen LogP contribution >= 0.6 is 0 Å². The molecule has 0 radical (unpaired) electrons. The number of primary sulfonamides is 1. The molecule has 1 saturated carbocycles. The van der Waals surface area contributed by atoms with E-state index in [9.17, 15) is 22.0 Å². The number of nitrogens with zero attached hydrogens (tertiary/aromatic N) is 2. The molecule has 31 heavy (non-hydrogen) atoms. The number of carbonyl (C=O) groups is 1. The standard InChI is InChI=1S/C21H22F2N4O3S/c1-13-4-2-7-17-18(13)19(27(26-17)12-14-8-9-21(22,23)11-14)20(28)25-15-5-3-6-16(10-15)31(24,29)30/h2-7,10,14H,8-9,11-12H2,1H3,(H,25,28)(H2,24,29,30). The van der Waals surface area contributed by atoms with Crippen molar-refractivity contribution in [3.63, 3.8) is 0 Å². The highest BCUT2D eigenvalue weighted by molar-refractivity contribution is 7.89. The summed E-state index contributed by atoms with van der Waals surface area (Å²) in [6.07, 6.45) is -0.0430. The van der Waals surface area contributed by atoms with Gasteiger partial charge >= 0.3 is 0 Å². The average molecular weight is 448 g/mol. The predicted molar refractivity (Wildman–Crippen MR) is 113 cm³/mol. The van der Waals surface area contributed by atoms with Gasteiger partial charge in [0, 0.05) is 30.5 Å². The van der Waals surface area contributed by atoms with E-state index in [1.807, 2.05) is 19.1 Å². The van der Waals surface area contributed by atoms with Crippen molar-refractivity contribution in [2.24, 2.45) is 11.1 Å². The SMILES string of the molecule is Cc1cccc2nn(CC3CCC(F)(F)C3)c(C(=O)Nc3cccc(S(N)(=O)=O)c3)c12. The number of hydrogen-bond acceptors (Lipinski definition) is 4. The van der Waals surface area contributed by atoms with E-state index in [-0.39, 0.29) is 41.6 Å². The maximum atomic E-state index is 13.7. The van der Waals surface area contributed by atoms with Gasteiger partial charge in [-0.25, -0.2) is 22.3 Å². The molecule has 1 fully saturated rings. The van der Waals surface area contributed by atoms with Crippen molar-refractivity contribution in [2.75, 3.05) is 5.32 Å². The summed E-state index contributed by atoms with van der Waals surface area (Å²) in [6.45, 7) is 2.04. The maximum absolute atomic E-state index is 13.7. The zero-order valence-electron chi connectivity index (χ0n) is 16.8. The monoisotopic (exact) mass is 448 g/mol. The van der Waals surface area contributed by atoms with Crippen molar-refractivity contribution in [3.05, 3.63) is 53.7 Å². The minimum atomic E-state index is -3.93. The summed E-state index contributed by atoms with van der Waals surface area (Å²) in [5.74, 6) is -3.49. The first-order valence-corrected chi connectivity index (χ1v) is 11.4. The molecule has 0 bridgehead atoms. The van der Waals surface area contributed by atoms with E-state index in [4.69, 9.17) is 5.14 Å². The van der Waals surface area contributed by atoms with Crippen LogP contribution in [0.2, 0.25) is 0 Å². The Hall–Kier alpha value is -2.85. The first-order valence-electron chi connectivity index (χ1n) is 9.82. The molecule has 1 unspecified atom stereocenters. The molecule has 3 aromatic rings. The molecule has 4 rings (SSSR count). The summed E-state index contributed by atoms with van der Waals surface area (Å²) in [5, 5.41) is 13.0. The van der Waals surface area contributed by atoms with Crippen molar-refractivity contribution >= 4 is 32.5 Å². The number of nitrogens with two attached hydrogens (primary N) is 1. The number of halogens is 2. The smallest absolute Gasteiger partial charge is 0.274 e. The number of alkyl halides is 2. The third-order valence-corrected chi connectivity index (χ3v) is 6.46. The van der Waals surface area contributed by atoms with Gasteiger partial charge in [-0.2, -0.15) is 5.10 Å². The van der Waals surface area contributed by atoms with Crippen molar-refractivity contribution in [1.29, 1.82) is 0 Å². The molecular weight excluding hydrogens is 426 g/mol. The molecule has 2 aromatic carbocycles. The van der Waals surface area contributed by atoms with Crippen LogP contribution in [-0.4, -0.2) is 30.0 Å². The number of fused-ring (bicyclic) bond motifs is 1. The van der Waals surface area contributed by atoms with Crippen molar-refractivity contribution in [3.8, 4) is 0 Å². The van der Waals surface area contributed by atoms with Crippen LogP contribution < -0.4 is 10.5 Å². The highest BCUT2D eigenvalue weighted by atomic mass is 32.2. The second-order valence-electron chi connectivity index (χ2n) is 7.99. The van der Waals surface area contributed by atoms with Gasteiger partial charge in [0.25, 0.3) is 5.91 Å². The molecule has 0 aliphatic heterocycles. The van der Waals surface area contributed by atoms with E-state index in [0.717, 1.165) is 5.56 Å². The Morgan fingerprint density at radius 2 is 2.03 bits per heavy atom. The fourth-order valence-corrected chi connectivity index (χ4v) is 4.66. The van der Waals surface area contributed by atoms with Gasteiger partial charge in [-0.1, -0.05) is 18.2 Å². The van der Waals surface area contributed by atoms with E-state index in [0.29, 0.717) is 17.3 Å². The highest BCUT2D eigenvalue weighted by Crippen LogP contribution is 2.40. The van der Waals surface area contributed by atoms with Gasteiger partial charge in [0.15, 0.2) is 0 Å². The Labute approximate surface area is 178 Å². The Morgan fingerprint density at radius 1 is 1.29 bits per heavy atom. The van der Waals surface area contributed by atoms with Crippen LogP contribution in [0.1, 0.15) is 35.3 Å². The topological polar surface area (TPSA) is 107 Å². The number of aromatic nitrogens is 2. The van der Waals surface area contributed by atoms with Crippen LogP contribution in [0.15, 0.2) is 47.4 Å². The van der Waals surface area contributed by atoms with Crippen LogP contribution in [-0.2, 0) is 16.6 Å². The molecular formula is C21H22F2N4O3S. The van der Waals surface area contributed by atoms with E-state index in [1.165, 1.54) is 22.9 Å². The van der Waals surface area contributed by atoms with E-state index >= 15 is 0 Å². The fraction of sp³-hybridized carbons (Fsp3) is 0.333. The largest absolute Gasteiger partial charge is 0.321 e. The zero-order chi connectivity index (χ0) is 22.4. The lowest BCUT2D eigenvalue weighted by Crippen LogP contribution is -2.21. The fourth-order valence-electron chi connectivity index (χ4n) is 4.10. The molecule has 1 heterocycles. The van der Waals surface area contributed by atoms with Gasteiger partial charge in [-0.3, -0.25) is 9.48 Å². The number of carbonyl (C=O) groups excluding carboxylic acids is 1. The third-order valence-electron chi connectivity index (χ3n) is 5.55. The van der Waals surface area contributed by atoms with E-state index in [1.54, 1.807) is 12.1 Å². The first kappa shape index (κ1) is 21.4. The summed E-state index contributed by atoms with van der Waals surface area (Å²) in [5.41, 5.74) is 1.92. The Morgan fingerprint density at radius 3 is 2.71 bits per heavy atom. The van der Waals surface area contributed by atoms with Gasteiger partial charge in [-0.05, 0) is 49.1 Å². The van der Waals surface area contributed by atoms with Crippen LogP contribution in [0.5, 0.6) is 0 Å². The molecule has 1 atom stereocenters. The van der Waals surface area contributed by atoms with E-state index in [2.05, 4.69) is 10.4 Å². The lowest BCUT2D eigenvalue weighted by molar-refractivity contribution is 0.00422. The minimum absolute atomic E-state index is 0.131. The van der Waals surface area contributed by atoms with Crippen LogP contribution in [0.4, 0.5) is 14.5 Å². The molecule has 1 amide bonds. The number of anilines is 1. The Bertz CT molecular complexity index is 1270. The van der Waals surface area contributed by atoms with Gasteiger partial charge in [0.05, 0.1) is 10.4 Å². The molecule has 7 nitrogen and oxygen atoms in total. The van der Waals surface area contributed by atoms with Gasteiger partial charge in [0.1, 0.15) is 5.69 Å². The summed E-state index contributed by atoms with van der Waals surface area (Å²) in [4.78, 5) is 13.1. The molecule has 164 valence electrons. The van der Waals surface area contributed by atoms with Gasteiger partial charge < -0.3 is 5.32 Å². The zero-order valence-corrected chi connectivity index (χ0v) is 17.6. The number of rotatable bonds is 5. The molecule has 0 spiro atoms. The lowest BCUT2D eigenvalue weighted by Gasteiger charge is -2.14. The Balaban J connectivity index is 1.71. The third kappa shape index (κ3) is 4.45. The average Bonchev–Trinajstić information content (AvgIpc) is 3.21. The normalized spacial score (nSPS) is 18.4. The predicted octanol–water partition coefficient (Wildman–Crippen LogP) is 3.68. The van der Waals surface area contributed by atoms with Gasteiger partial charge in [-0.15, -0.1) is 0 Å². The number of benzene rings is 2. The van der Waals surface area contributed by atoms with Crippen molar-refractivity contribution < 1.29 is 22.0 Å². The highest BCUT2D eigenvalue weighted by Gasteiger charge is 2.40. The number of hydrogen-bond donors (Lipinski definition) is 2. The molecule has 1 aliphatic rings.